The second-order valence-electron chi connectivity index (χ2n) is 4.02. The zero-order valence-electron chi connectivity index (χ0n) is 9.56. The average Bonchev–Trinajstić information content (AvgIpc) is 2.99. The highest BCUT2D eigenvalue weighted by atomic mass is 79.9. The van der Waals surface area contributed by atoms with E-state index in [1.807, 2.05) is 12.1 Å². The molecule has 7 heteroatoms. The van der Waals surface area contributed by atoms with Crippen molar-refractivity contribution in [2.75, 3.05) is 19.7 Å². The van der Waals surface area contributed by atoms with Crippen molar-refractivity contribution in [3.8, 4) is 10.7 Å². The highest BCUT2D eigenvalue weighted by Crippen LogP contribution is 2.29. The van der Waals surface area contributed by atoms with Gasteiger partial charge < -0.3 is 14.6 Å². The van der Waals surface area contributed by atoms with Gasteiger partial charge in [-0.25, -0.2) is 0 Å². The molecule has 1 unspecified atom stereocenters. The molecule has 1 fully saturated rings. The van der Waals surface area contributed by atoms with Gasteiger partial charge in [-0.3, -0.25) is 0 Å². The van der Waals surface area contributed by atoms with Crippen LogP contribution in [-0.4, -0.2) is 35.9 Å². The maximum atomic E-state index is 5.61. The van der Waals surface area contributed by atoms with Gasteiger partial charge in [0, 0.05) is 13.1 Å². The largest absolute Gasteiger partial charge is 0.375 e. The van der Waals surface area contributed by atoms with E-state index in [0.29, 0.717) is 18.1 Å². The van der Waals surface area contributed by atoms with Crippen LogP contribution in [0.3, 0.4) is 0 Å². The zero-order chi connectivity index (χ0) is 12.4. The summed E-state index contributed by atoms with van der Waals surface area (Å²) in [6.07, 6.45) is 0.786. The third-order valence-corrected chi connectivity index (χ3v) is 4.29. The summed E-state index contributed by atoms with van der Waals surface area (Å²) in [4.78, 5) is 5.39. The van der Waals surface area contributed by atoms with Gasteiger partial charge in [0.05, 0.1) is 27.8 Å². The minimum absolute atomic E-state index is 0.127. The molecule has 0 aromatic carbocycles. The molecule has 5 nitrogen and oxygen atoms in total. The van der Waals surface area contributed by atoms with Crippen molar-refractivity contribution in [1.29, 1.82) is 0 Å². The number of rotatable bonds is 3. The summed E-state index contributed by atoms with van der Waals surface area (Å²) in [5, 5.41) is 7.27. The van der Waals surface area contributed by atoms with Gasteiger partial charge in [-0.15, -0.1) is 11.3 Å². The van der Waals surface area contributed by atoms with Gasteiger partial charge in [-0.05, 0) is 28.1 Å². The number of morpholine rings is 1. The predicted molar refractivity (Wildman–Crippen MR) is 71.6 cm³/mol. The highest BCUT2D eigenvalue weighted by molar-refractivity contribution is 9.11. The summed E-state index contributed by atoms with van der Waals surface area (Å²) in [5.74, 6) is 1.27. The molecule has 0 amide bonds. The van der Waals surface area contributed by atoms with E-state index in [-0.39, 0.29) is 6.10 Å². The lowest BCUT2D eigenvalue weighted by Crippen LogP contribution is -2.39. The van der Waals surface area contributed by atoms with Crippen LogP contribution < -0.4 is 5.32 Å². The van der Waals surface area contributed by atoms with Crippen molar-refractivity contribution in [2.45, 2.75) is 12.5 Å². The molecule has 96 valence electrons. The predicted octanol–water partition coefficient (Wildman–Crippen LogP) is 2.09. The Balaban J connectivity index is 1.69. The van der Waals surface area contributed by atoms with E-state index in [2.05, 4.69) is 31.4 Å². The smallest absolute Gasteiger partial charge is 0.229 e. The van der Waals surface area contributed by atoms with Crippen molar-refractivity contribution < 1.29 is 9.26 Å². The maximum absolute atomic E-state index is 5.61. The molecule has 2 aromatic heterocycles. The maximum Gasteiger partial charge on any atom is 0.229 e. The van der Waals surface area contributed by atoms with Crippen molar-refractivity contribution in [3.63, 3.8) is 0 Å². The first-order valence-corrected chi connectivity index (χ1v) is 7.33. The third-order valence-electron chi connectivity index (χ3n) is 2.67. The van der Waals surface area contributed by atoms with E-state index in [1.54, 1.807) is 11.3 Å². The lowest BCUT2D eigenvalue weighted by molar-refractivity contribution is 0.0246. The van der Waals surface area contributed by atoms with Crippen LogP contribution in [0.25, 0.3) is 10.7 Å². The first kappa shape index (κ1) is 12.3. The molecule has 0 radical (unpaired) electrons. The van der Waals surface area contributed by atoms with Crippen LogP contribution in [0.15, 0.2) is 20.4 Å². The topological polar surface area (TPSA) is 60.2 Å². The number of halogens is 1. The fourth-order valence-corrected chi connectivity index (χ4v) is 3.13. The number of nitrogens with zero attached hydrogens (tertiary/aromatic N) is 2. The van der Waals surface area contributed by atoms with Gasteiger partial charge in [-0.2, -0.15) is 4.98 Å². The summed E-state index contributed by atoms with van der Waals surface area (Å²) >= 11 is 5.01. The Morgan fingerprint density at radius 1 is 1.50 bits per heavy atom. The first-order valence-electron chi connectivity index (χ1n) is 5.72. The summed E-state index contributed by atoms with van der Waals surface area (Å²) in [7, 11) is 0. The van der Waals surface area contributed by atoms with Gasteiger partial charge in [0.25, 0.3) is 0 Å². The number of hydrogen-bond acceptors (Lipinski definition) is 6. The molecule has 1 aliphatic rings. The SMILES string of the molecule is Brc1ccc(-c2noc(CC3CNCCO3)n2)s1. The van der Waals surface area contributed by atoms with Gasteiger partial charge in [-0.1, -0.05) is 5.16 Å². The van der Waals surface area contributed by atoms with E-state index in [9.17, 15) is 0 Å². The Labute approximate surface area is 117 Å². The van der Waals surface area contributed by atoms with Crippen LogP contribution in [0.4, 0.5) is 0 Å². The first-order chi connectivity index (χ1) is 8.81. The second-order valence-corrected chi connectivity index (χ2v) is 6.48. The van der Waals surface area contributed by atoms with Crippen molar-refractivity contribution in [1.82, 2.24) is 15.5 Å². The van der Waals surface area contributed by atoms with E-state index < -0.39 is 0 Å². The Hall–Kier alpha value is -0.760. The van der Waals surface area contributed by atoms with E-state index in [1.165, 1.54) is 0 Å². The van der Waals surface area contributed by atoms with Crippen LogP contribution in [-0.2, 0) is 11.2 Å². The monoisotopic (exact) mass is 329 g/mol. The number of nitrogens with one attached hydrogen (secondary N) is 1. The molecule has 0 saturated carbocycles. The molecule has 2 aromatic rings. The van der Waals surface area contributed by atoms with Gasteiger partial charge in [0.15, 0.2) is 0 Å². The van der Waals surface area contributed by atoms with Crippen LogP contribution in [0.2, 0.25) is 0 Å². The Morgan fingerprint density at radius 2 is 2.44 bits per heavy atom. The molecule has 1 saturated heterocycles. The minimum atomic E-state index is 0.127. The Bertz CT molecular complexity index is 522. The minimum Gasteiger partial charge on any atom is -0.375 e. The van der Waals surface area contributed by atoms with Crippen LogP contribution in [0, 0.1) is 0 Å². The van der Waals surface area contributed by atoms with E-state index in [4.69, 9.17) is 9.26 Å². The highest BCUT2D eigenvalue weighted by Gasteiger charge is 2.18. The number of hydrogen-bond donors (Lipinski definition) is 1. The van der Waals surface area contributed by atoms with Crippen LogP contribution >= 0.6 is 27.3 Å². The van der Waals surface area contributed by atoms with Crippen molar-refractivity contribution in [3.05, 3.63) is 21.8 Å². The third kappa shape index (κ3) is 2.80. The second kappa shape index (κ2) is 5.48. The van der Waals surface area contributed by atoms with Gasteiger partial charge in [0.1, 0.15) is 0 Å². The molecule has 1 atom stereocenters. The van der Waals surface area contributed by atoms with E-state index >= 15 is 0 Å². The lowest BCUT2D eigenvalue weighted by atomic mass is 10.2. The molecule has 3 rings (SSSR count). The molecule has 1 N–H and O–H groups in total. The summed E-state index contributed by atoms with van der Waals surface area (Å²) in [6.45, 7) is 2.49. The van der Waals surface area contributed by atoms with Gasteiger partial charge >= 0.3 is 0 Å². The van der Waals surface area contributed by atoms with E-state index in [0.717, 1.165) is 28.4 Å². The molecule has 0 spiro atoms. The molecule has 18 heavy (non-hydrogen) atoms. The standard InChI is InChI=1S/C11H12BrN3O2S/c12-9-2-1-8(18-9)11-14-10(17-15-11)5-7-6-13-3-4-16-7/h1-2,7,13H,3-6H2. The quantitative estimate of drug-likeness (QED) is 0.934. The van der Waals surface area contributed by atoms with Crippen molar-refractivity contribution >= 4 is 27.3 Å². The van der Waals surface area contributed by atoms with Gasteiger partial charge in [0.2, 0.25) is 11.7 Å². The molecular weight excluding hydrogens is 318 g/mol. The average molecular weight is 330 g/mol. The normalized spacial score (nSPS) is 20.2. The number of thiophene rings is 1. The molecule has 1 aliphatic heterocycles. The van der Waals surface area contributed by atoms with Crippen LogP contribution in [0.1, 0.15) is 5.89 Å². The number of aromatic nitrogens is 2. The Kier molecular flexibility index (Phi) is 3.74. The molecule has 3 heterocycles. The summed E-state index contributed by atoms with van der Waals surface area (Å²) in [5.41, 5.74) is 0. The summed E-state index contributed by atoms with van der Waals surface area (Å²) in [6, 6.07) is 3.95. The van der Waals surface area contributed by atoms with Crippen molar-refractivity contribution in [2.24, 2.45) is 0 Å². The fraction of sp³-hybridized carbons (Fsp3) is 0.455. The Morgan fingerprint density at radius 3 is 3.17 bits per heavy atom. The zero-order valence-corrected chi connectivity index (χ0v) is 12.0. The fourth-order valence-electron chi connectivity index (χ4n) is 1.82. The summed E-state index contributed by atoms with van der Waals surface area (Å²) < 4.78 is 11.9. The van der Waals surface area contributed by atoms with Crippen LogP contribution in [0.5, 0.6) is 0 Å². The molecular formula is C11H12BrN3O2S. The number of ether oxygens (including phenoxy) is 1. The lowest BCUT2D eigenvalue weighted by Gasteiger charge is -2.21. The molecule has 0 aliphatic carbocycles. The molecule has 0 bridgehead atoms.